The van der Waals surface area contributed by atoms with Crippen molar-refractivity contribution >= 4 is 52.7 Å². The number of likely N-dealkylation sites (N-methyl/N-ethyl adjacent to an activating group) is 1. The Bertz CT molecular complexity index is 1260. The Hall–Kier alpha value is -3.37. The zero-order valence-corrected chi connectivity index (χ0v) is 22.4. The average Bonchev–Trinajstić information content (AvgIpc) is 3.50. The van der Waals surface area contributed by atoms with Crippen LogP contribution in [0, 0.1) is 0 Å². The van der Waals surface area contributed by atoms with Gasteiger partial charge in [0.1, 0.15) is 30.1 Å². The van der Waals surface area contributed by atoms with Crippen LogP contribution < -0.4 is 19.7 Å². The second kappa shape index (κ2) is 11.8. The summed E-state index contributed by atoms with van der Waals surface area (Å²) in [5.41, 5.74) is 1.13. The summed E-state index contributed by atoms with van der Waals surface area (Å²) in [7, 11) is 1.52. The van der Waals surface area contributed by atoms with Crippen molar-refractivity contribution in [3.05, 3.63) is 51.2 Å². The Kier molecular flexibility index (Phi) is 8.50. The normalized spacial score (nSPS) is 19.0. The molecule has 4 rings (SSSR count). The number of allylic oxidation sites excluding steroid dienone is 1. The largest absolute Gasteiger partial charge is 0.496 e. The van der Waals surface area contributed by atoms with Crippen LogP contribution in [0.25, 0.3) is 0 Å². The summed E-state index contributed by atoms with van der Waals surface area (Å²) in [6, 6.07) is 6.76. The van der Waals surface area contributed by atoms with Gasteiger partial charge in [0.15, 0.2) is 6.21 Å². The highest BCUT2D eigenvalue weighted by Crippen LogP contribution is 2.41. The van der Waals surface area contributed by atoms with Crippen LogP contribution in [-0.4, -0.2) is 68.2 Å². The molecule has 2 atom stereocenters. The van der Waals surface area contributed by atoms with Crippen molar-refractivity contribution in [2.24, 2.45) is 0 Å². The van der Waals surface area contributed by atoms with Gasteiger partial charge in [-0.3, -0.25) is 9.69 Å². The number of benzene rings is 1. The molecule has 11 heteroatoms. The molecule has 1 saturated heterocycles. The lowest BCUT2D eigenvalue weighted by Crippen LogP contribution is -2.34. The van der Waals surface area contributed by atoms with Gasteiger partial charge in [0, 0.05) is 11.6 Å². The van der Waals surface area contributed by atoms with Crippen LogP contribution in [0.2, 0.25) is 4.34 Å². The van der Waals surface area contributed by atoms with Crippen molar-refractivity contribution in [2.45, 2.75) is 32.3 Å². The summed E-state index contributed by atoms with van der Waals surface area (Å²) < 4.78 is 19.4. The van der Waals surface area contributed by atoms with Gasteiger partial charge >= 0.3 is 12.0 Å². The molecule has 0 aliphatic carbocycles. The first-order valence-electron chi connectivity index (χ1n) is 12.0. The minimum atomic E-state index is -0.562. The lowest BCUT2D eigenvalue weighted by Gasteiger charge is -2.22. The second-order valence-electron chi connectivity index (χ2n) is 8.48. The minimum Gasteiger partial charge on any atom is -0.496 e. The molecular weight excluding hydrogens is 518 g/mol. The summed E-state index contributed by atoms with van der Waals surface area (Å²) >= 11 is 7.09. The Morgan fingerprint density at radius 2 is 2.08 bits per heavy atom. The Morgan fingerprint density at radius 3 is 2.76 bits per heavy atom. The van der Waals surface area contributed by atoms with Crippen molar-refractivity contribution in [1.29, 1.82) is 0 Å². The molecule has 1 unspecified atom stereocenters. The monoisotopic (exact) mass is 546 g/mol. The predicted molar refractivity (Wildman–Crippen MR) is 142 cm³/mol. The van der Waals surface area contributed by atoms with Crippen LogP contribution in [-0.2, 0) is 9.53 Å². The molecule has 2 aliphatic rings. The van der Waals surface area contributed by atoms with Crippen LogP contribution in [0.5, 0.6) is 11.5 Å². The fourth-order valence-electron chi connectivity index (χ4n) is 4.17. The summed E-state index contributed by atoms with van der Waals surface area (Å²) in [5.74, 6) is 0.0104. The molecule has 196 valence electrons. The molecule has 2 aromatic rings. The van der Waals surface area contributed by atoms with Crippen LogP contribution in [0.15, 0.2) is 36.4 Å². The lowest BCUT2D eigenvalue weighted by atomic mass is 9.94. The molecule has 0 saturated carbocycles. The highest BCUT2D eigenvalue weighted by molar-refractivity contribution is 7.18. The summed E-state index contributed by atoms with van der Waals surface area (Å²) in [4.78, 5) is 40.2. The van der Waals surface area contributed by atoms with Crippen LogP contribution in [0.4, 0.5) is 10.5 Å². The smallest absolute Gasteiger partial charge is 0.414 e. The van der Waals surface area contributed by atoms with E-state index in [0.717, 1.165) is 6.42 Å². The fourth-order valence-corrected chi connectivity index (χ4v) is 5.13. The number of hydrogen-bond acceptors (Lipinski definition) is 7. The van der Waals surface area contributed by atoms with Gasteiger partial charge in [-0.1, -0.05) is 24.6 Å². The van der Waals surface area contributed by atoms with Crippen molar-refractivity contribution in [3.8, 4) is 11.5 Å². The summed E-state index contributed by atoms with van der Waals surface area (Å²) in [6.45, 7) is 5.21. The minimum absolute atomic E-state index is 0.0686. The van der Waals surface area contributed by atoms with E-state index in [1.54, 1.807) is 35.1 Å². The third-order valence-electron chi connectivity index (χ3n) is 6.02. The van der Waals surface area contributed by atoms with Crippen molar-refractivity contribution in [2.75, 3.05) is 38.3 Å². The molecule has 0 spiro atoms. The van der Waals surface area contributed by atoms with Crippen molar-refractivity contribution in [3.63, 3.8) is 0 Å². The van der Waals surface area contributed by atoms with E-state index in [2.05, 4.69) is 5.32 Å². The highest BCUT2D eigenvalue weighted by atomic mass is 35.5. The van der Waals surface area contributed by atoms with Crippen molar-refractivity contribution in [1.82, 2.24) is 5.32 Å². The SMILES string of the molecule is CCCOc1cc(C2C=CC=[N+](CC)C2=O)c(OC)cc1N1C[C@H](CNC(=O)c2ccc(Cl)s2)OC1=O. The average molecular weight is 547 g/mol. The molecule has 0 radical (unpaired) electrons. The van der Waals surface area contributed by atoms with Gasteiger partial charge in [-0.15, -0.1) is 11.3 Å². The van der Waals surface area contributed by atoms with E-state index < -0.39 is 18.1 Å². The molecule has 3 heterocycles. The number of cyclic esters (lactones) is 1. The van der Waals surface area contributed by atoms with Gasteiger partial charge in [0.25, 0.3) is 5.91 Å². The number of nitrogens with zero attached hydrogens (tertiary/aromatic N) is 2. The number of rotatable bonds is 10. The molecule has 1 N–H and O–H groups in total. The predicted octanol–water partition coefficient (Wildman–Crippen LogP) is 4.24. The molecular formula is C26H29ClN3O6S+. The topological polar surface area (TPSA) is 97.2 Å². The molecule has 9 nitrogen and oxygen atoms in total. The summed E-state index contributed by atoms with van der Waals surface area (Å²) in [6.07, 6.45) is 5.05. The molecule has 37 heavy (non-hydrogen) atoms. The van der Waals surface area contributed by atoms with Gasteiger partial charge in [0.2, 0.25) is 0 Å². The van der Waals surface area contributed by atoms with Gasteiger partial charge in [-0.2, -0.15) is 4.58 Å². The number of carbonyl (C=O) groups is 3. The van der Waals surface area contributed by atoms with E-state index in [1.807, 2.05) is 26.0 Å². The standard InChI is InChI=1S/C26H28ClN3O6S/c1-4-11-35-21-12-18(17-7-6-10-29(5-2)25(17)32)20(34-3)13-19(21)30-15-16(36-26(30)33)14-28-24(31)22-8-9-23(27)37-22/h6-10,12-13,16-17H,4-5,11,14-15H2,1-3H3/p+1/t16-,17?/m0/s1. The number of ether oxygens (including phenoxy) is 3. The molecule has 0 bridgehead atoms. The Labute approximate surface area is 224 Å². The highest BCUT2D eigenvalue weighted by Gasteiger charge is 2.37. The van der Waals surface area contributed by atoms with Gasteiger partial charge < -0.3 is 19.5 Å². The molecule has 3 amide bonds. The van der Waals surface area contributed by atoms with Crippen LogP contribution in [0.3, 0.4) is 0 Å². The lowest BCUT2D eigenvalue weighted by molar-refractivity contribution is -0.442. The molecule has 1 aromatic carbocycles. The fraction of sp³-hybridized carbons (Fsp3) is 0.385. The number of halogens is 1. The zero-order chi connectivity index (χ0) is 26.5. The van der Waals surface area contributed by atoms with Gasteiger partial charge in [0.05, 0.1) is 41.7 Å². The number of carbonyl (C=O) groups excluding carboxylic acids is 3. The molecule has 1 aromatic heterocycles. The van der Waals surface area contributed by atoms with E-state index in [1.165, 1.54) is 23.3 Å². The number of amides is 3. The van der Waals surface area contributed by atoms with Gasteiger partial charge in [-0.25, -0.2) is 9.59 Å². The van der Waals surface area contributed by atoms with E-state index >= 15 is 0 Å². The number of anilines is 1. The first kappa shape index (κ1) is 26.7. The molecule has 2 aliphatic heterocycles. The van der Waals surface area contributed by atoms with E-state index in [9.17, 15) is 14.4 Å². The summed E-state index contributed by atoms with van der Waals surface area (Å²) in [5, 5.41) is 2.79. The second-order valence-corrected chi connectivity index (χ2v) is 10.2. The first-order chi connectivity index (χ1) is 17.9. The Balaban J connectivity index is 1.57. The number of methoxy groups -OCH3 is 1. The molecule has 1 fully saturated rings. The van der Waals surface area contributed by atoms with Crippen molar-refractivity contribution < 1.29 is 33.2 Å². The third-order valence-corrected chi connectivity index (χ3v) is 7.25. The quantitative estimate of drug-likeness (QED) is 0.448. The zero-order valence-electron chi connectivity index (χ0n) is 20.9. The van der Waals surface area contributed by atoms with Crippen LogP contribution >= 0.6 is 22.9 Å². The number of thiophene rings is 1. The number of nitrogens with one attached hydrogen (secondary N) is 1. The first-order valence-corrected chi connectivity index (χ1v) is 13.2. The maximum Gasteiger partial charge on any atom is 0.414 e. The Morgan fingerprint density at radius 1 is 1.27 bits per heavy atom. The van der Waals surface area contributed by atoms with Gasteiger partial charge in [-0.05, 0) is 37.6 Å². The van der Waals surface area contributed by atoms with E-state index in [4.69, 9.17) is 25.8 Å². The maximum absolute atomic E-state index is 13.0. The number of hydrogen-bond donors (Lipinski definition) is 1. The maximum atomic E-state index is 13.0. The third kappa shape index (κ3) is 5.80. The van der Waals surface area contributed by atoms with E-state index in [0.29, 0.717) is 45.1 Å². The van der Waals surface area contributed by atoms with E-state index in [-0.39, 0.29) is 24.9 Å². The van der Waals surface area contributed by atoms with Crippen LogP contribution in [0.1, 0.15) is 41.4 Å².